The van der Waals surface area contributed by atoms with Crippen LogP contribution in [0.4, 0.5) is 0 Å². The van der Waals surface area contributed by atoms with Crippen LogP contribution >= 0.6 is 0 Å². The Bertz CT molecular complexity index is 376. The van der Waals surface area contributed by atoms with E-state index in [2.05, 4.69) is 0 Å². The van der Waals surface area contributed by atoms with Gasteiger partial charge in [0, 0.05) is 13.6 Å². The highest BCUT2D eigenvalue weighted by atomic mass is 16.4. The monoisotopic (exact) mass is 283 g/mol. The molecule has 2 aliphatic carbocycles. The minimum Gasteiger partial charge on any atom is -0.481 e. The van der Waals surface area contributed by atoms with Gasteiger partial charge in [0.25, 0.3) is 0 Å². The van der Waals surface area contributed by atoms with Crippen molar-refractivity contribution in [1.82, 2.24) is 4.90 Å². The summed E-state index contributed by atoms with van der Waals surface area (Å²) in [5.74, 6) is -1.96. The first-order chi connectivity index (χ1) is 9.43. The second kappa shape index (κ2) is 6.12. The van der Waals surface area contributed by atoms with Crippen LogP contribution in [-0.4, -0.2) is 46.2 Å². The van der Waals surface area contributed by atoms with Gasteiger partial charge in [0.15, 0.2) is 0 Å². The molecule has 2 atom stereocenters. The summed E-state index contributed by atoms with van der Waals surface area (Å²) in [6.07, 6.45) is 6.50. The normalized spacial score (nSPS) is 29.1. The molecule has 0 bridgehead atoms. The van der Waals surface area contributed by atoms with Crippen molar-refractivity contribution >= 4 is 11.9 Å². The maximum absolute atomic E-state index is 12.5. The number of nitrogens with zero attached hydrogens (tertiary/aromatic N) is 1. The lowest BCUT2D eigenvalue weighted by molar-refractivity contribution is -0.153. The maximum Gasteiger partial charge on any atom is 0.307 e. The van der Waals surface area contributed by atoms with Crippen molar-refractivity contribution in [3.63, 3.8) is 0 Å². The first-order valence-corrected chi connectivity index (χ1v) is 7.63. The van der Waals surface area contributed by atoms with Gasteiger partial charge in [-0.05, 0) is 25.7 Å². The van der Waals surface area contributed by atoms with Gasteiger partial charge in [-0.15, -0.1) is 0 Å². The molecule has 0 saturated heterocycles. The molecule has 5 nitrogen and oxygen atoms in total. The van der Waals surface area contributed by atoms with Crippen LogP contribution < -0.4 is 0 Å². The number of carboxylic acids is 1. The molecule has 2 saturated carbocycles. The Kier molecular flexibility index (Phi) is 4.68. The van der Waals surface area contributed by atoms with Gasteiger partial charge >= 0.3 is 5.97 Å². The molecule has 2 N–H and O–H groups in total. The molecule has 0 heterocycles. The van der Waals surface area contributed by atoms with Gasteiger partial charge in [0.1, 0.15) is 0 Å². The summed E-state index contributed by atoms with van der Waals surface area (Å²) in [5, 5.41) is 19.6. The van der Waals surface area contributed by atoms with Crippen LogP contribution in [-0.2, 0) is 9.59 Å². The van der Waals surface area contributed by atoms with E-state index < -0.39 is 23.4 Å². The van der Waals surface area contributed by atoms with E-state index in [0.717, 1.165) is 38.5 Å². The third-order valence-corrected chi connectivity index (χ3v) is 4.84. The zero-order chi connectivity index (χ0) is 14.8. The van der Waals surface area contributed by atoms with Crippen molar-refractivity contribution in [2.45, 2.75) is 57.0 Å². The average molecular weight is 283 g/mol. The zero-order valence-electron chi connectivity index (χ0n) is 12.2. The van der Waals surface area contributed by atoms with Crippen molar-refractivity contribution in [3.8, 4) is 0 Å². The van der Waals surface area contributed by atoms with Crippen molar-refractivity contribution < 1.29 is 19.8 Å². The van der Waals surface area contributed by atoms with Crippen LogP contribution in [0.2, 0.25) is 0 Å². The summed E-state index contributed by atoms with van der Waals surface area (Å²) in [6, 6.07) is 0. The van der Waals surface area contributed by atoms with Crippen molar-refractivity contribution in [1.29, 1.82) is 0 Å². The lowest BCUT2D eigenvalue weighted by Crippen LogP contribution is -2.47. The number of carbonyl (C=O) groups is 2. The first-order valence-electron chi connectivity index (χ1n) is 7.63. The van der Waals surface area contributed by atoms with Crippen LogP contribution in [0.15, 0.2) is 0 Å². The standard InChI is InChI=1S/C15H25NO4/c1-16(10-15(20)8-4-5-9-15)13(17)11-6-2-3-7-12(11)14(18)19/h11-12,20H,2-10H2,1H3,(H,18,19)/t11-,12+/m1/s1. The highest BCUT2D eigenvalue weighted by Crippen LogP contribution is 2.34. The first kappa shape index (κ1) is 15.3. The number of aliphatic carboxylic acids is 1. The fourth-order valence-corrected chi connectivity index (χ4v) is 3.72. The number of hydrogen-bond acceptors (Lipinski definition) is 3. The minimum absolute atomic E-state index is 0.113. The Labute approximate surface area is 120 Å². The van der Waals surface area contributed by atoms with E-state index in [4.69, 9.17) is 0 Å². The largest absolute Gasteiger partial charge is 0.481 e. The SMILES string of the molecule is CN(CC1(O)CCCC1)C(=O)[C@@H]1CCCC[C@@H]1C(=O)O. The van der Waals surface area contributed by atoms with E-state index in [0.29, 0.717) is 19.4 Å². The predicted molar refractivity (Wildman–Crippen MR) is 74.1 cm³/mol. The van der Waals surface area contributed by atoms with Crippen LogP contribution in [0.25, 0.3) is 0 Å². The van der Waals surface area contributed by atoms with Gasteiger partial charge < -0.3 is 15.1 Å². The Morgan fingerprint density at radius 1 is 1.10 bits per heavy atom. The van der Waals surface area contributed by atoms with E-state index in [1.165, 1.54) is 0 Å². The Morgan fingerprint density at radius 3 is 2.20 bits per heavy atom. The molecule has 1 amide bonds. The number of likely N-dealkylation sites (N-methyl/N-ethyl adjacent to an activating group) is 1. The molecule has 0 aliphatic heterocycles. The molecule has 0 aromatic rings. The van der Waals surface area contributed by atoms with Crippen LogP contribution in [0.3, 0.4) is 0 Å². The number of carbonyl (C=O) groups excluding carboxylic acids is 1. The molecule has 114 valence electrons. The molecule has 0 unspecified atom stereocenters. The van der Waals surface area contributed by atoms with Crippen LogP contribution in [0.1, 0.15) is 51.4 Å². The number of carboxylic acid groups (broad SMARTS) is 1. The molecular weight excluding hydrogens is 258 g/mol. The molecule has 0 radical (unpaired) electrons. The number of aliphatic hydroxyl groups is 1. The van der Waals surface area contributed by atoms with Gasteiger partial charge in [-0.25, -0.2) is 0 Å². The lowest BCUT2D eigenvalue weighted by atomic mass is 9.78. The zero-order valence-corrected chi connectivity index (χ0v) is 12.2. The van der Waals surface area contributed by atoms with Gasteiger partial charge in [0.2, 0.25) is 5.91 Å². The molecule has 2 rings (SSSR count). The van der Waals surface area contributed by atoms with Crippen LogP contribution in [0.5, 0.6) is 0 Å². The smallest absolute Gasteiger partial charge is 0.307 e. The predicted octanol–water partition coefficient (Wildman–Crippen LogP) is 1.64. The molecule has 0 aromatic heterocycles. The third-order valence-electron chi connectivity index (χ3n) is 4.84. The molecule has 5 heteroatoms. The Balaban J connectivity index is 1.99. The van der Waals surface area contributed by atoms with Crippen molar-refractivity contribution in [2.75, 3.05) is 13.6 Å². The summed E-state index contributed by atoms with van der Waals surface area (Å²) >= 11 is 0. The third kappa shape index (κ3) is 3.32. The second-order valence-electron chi connectivity index (χ2n) is 6.46. The summed E-state index contributed by atoms with van der Waals surface area (Å²) < 4.78 is 0. The summed E-state index contributed by atoms with van der Waals surface area (Å²) in [4.78, 5) is 25.3. The van der Waals surface area contributed by atoms with E-state index in [-0.39, 0.29) is 5.91 Å². The number of hydrogen-bond donors (Lipinski definition) is 2. The molecule has 2 aliphatic rings. The summed E-state index contributed by atoms with van der Waals surface area (Å²) in [7, 11) is 1.69. The Hall–Kier alpha value is -1.10. The van der Waals surface area contributed by atoms with E-state index in [9.17, 15) is 19.8 Å². The number of rotatable bonds is 4. The number of amides is 1. The molecular formula is C15H25NO4. The molecule has 0 spiro atoms. The summed E-state index contributed by atoms with van der Waals surface area (Å²) in [6.45, 7) is 0.328. The quantitative estimate of drug-likeness (QED) is 0.822. The fourth-order valence-electron chi connectivity index (χ4n) is 3.72. The second-order valence-corrected chi connectivity index (χ2v) is 6.46. The molecule has 20 heavy (non-hydrogen) atoms. The highest BCUT2D eigenvalue weighted by molar-refractivity contribution is 5.84. The maximum atomic E-state index is 12.5. The van der Waals surface area contributed by atoms with Crippen LogP contribution in [0, 0.1) is 11.8 Å². The minimum atomic E-state index is -0.865. The van der Waals surface area contributed by atoms with Crippen molar-refractivity contribution in [3.05, 3.63) is 0 Å². The van der Waals surface area contributed by atoms with Gasteiger partial charge in [-0.1, -0.05) is 25.7 Å². The lowest BCUT2D eigenvalue weighted by Gasteiger charge is -2.34. The summed E-state index contributed by atoms with van der Waals surface area (Å²) in [5.41, 5.74) is -0.766. The van der Waals surface area contributed by atoms with Gasteiger partial charge in [-0.2, -0.15) is 0 Å². The molecule has 0 aromatic carbocycles. The van der Waals surface area contributed by atoms with Gasteiger partial charge in [0.05, 0.1) is 17.4 Å². The van der Waals surface area contributed by atoms with E-state index in [1.807, 2.05) is 0 Å². The van der Waals surface area contributed by atoms with Crippen molar-refractivity contribution in [2.24, 2.45) is 11.8 Å². The highest BCUT2D eigenvalue weighted by Gasteiger charge is 2.39. The fraction of sp³-hybridized carbons (Fsp3) is 0.867. The Morgan fingerprint density at radius 2 is 1.65 bits per heavy atom. The van der Waals surface area contributed by atoms with Gasteiger partial charge in [-0.3, -0.25) is 9.59 Å². The topological polar surface area (TPSA) is 77.8 Å². The molecule has 2 fully saturated rings. The van der Waals surface area contributed by atoms with E-state index >= 15 is 0 Å². The average Bonchev–Trinajstić information content (AvgIpc) is 2.84. The van der Waals surface area contributed by atoms with E-state index in [1.54, 1.807) is 11.9 Å².